The molecule has 0 radical (unpaired) electrons. The van der Waals surface area contributed by atoms with E-state index in [1.165, 1.54) is 18.2 Å². The molecule has 1 aromatic heterocycles. The summed E-state index contributed by atoms with van der Waals surface area (Å²) >= 11 is 9.67. The van der Waals surface area contributed by atoms with Gasteiger partial charge in [-0.15, -0.1) is 0 Å². The molecule has 0 fully saturated rings. The Morgan fingerprint density at radius 2 is 2.12 bits per heavy atom. The minimum Gasteiger partial charge on any atom is -0.353 e. The summed E-state index contributed by atoms with van der Waals surface area (Å²) < 4.78 is 14.5. The van der Waals surface area contributed by atoms with E-state index in [-0.39, 0.29) is 5.91 Å². The molecule has 0 bridgehead atoms. The molecule has 0 saturated carbocycles. The molecule has 3 N–H and O–H groups in total. The zero-order chi connectivity index (χ0) is 17.6. The Bertz CT molecular complexity index is 977. The number of rotatable bonds is 3. The lowest BCUT2D eigenvalue weighted by atomic mass is 9.96. The Hall–Kier alpha value is -2.38. The smallest absolute Gasteiger partial charge is 0.252 e. The second-order valence-electron chi connectivity index (χ2n) is 5.60. The molecule has 0 spiro atoms. The van der Waals surface area contributed by atoms with Crippen molar-refractivity contribution in [2.24, 2.45) is 0 Å². The number of aromatic nitrogens is 2. The van der Waals surface area contributed by atoms with E-state index < -0.39 is 11.9 Å². The number of hydrogen-bond acceptors (Lipinski definition) is 3. The number of benzene rings is 2. The second-order valence-corrected chi connectivity index (χ2v) is 6.92. The molecular weight excluding hydrogens is 411 g/mol. The van der Waals surface area contributed by atoms with E-state index in [2.05, 4.69) is 36.8 Å². The van der Waals surface area contributed by atoms with E-state index in [1.54, 1.807) is 18.5 Å². The molecule has 2 heterocycles. The molecule has 1 aliphatic heterocycles. The quantitative estimate of drug-likeness (QED) is 0.581. The maximum Gasteiger partial charge on any atom is 0.252 e. The van der Waals surface area contributed by atoms with Crippen LogP contribution in [0.4, 0.5) is 15.8 Å². The predicted octanol–water partition coefficient (Wildman–Crippen LogP) is 4.54. The lowest BCUT2D eigenvalue weighted by Gasteiger charge is -2.18. The third-order valence-electron chi connectivity index (χ3n) is 4.00. The minimum atomic E-state index is -0.548. The molecule has 0 unspecified atom stereocenters. The van der Waals surface area contributed by atoms with Crippen LogP contribution in [-0.2, 0) is 0 Å². The first-order chi connectivity index (χ1) is 12.0. The highest BCUT2D eigenvalue weighted by Gasteiger charge is 2.34. The molecule has 2 aromatic carbocycles. The third kappa shape index (κ3) is 2.89. The van der Waals surface area contributed by atoms with Crippen LogP contribution in [0.5, 0.6) is 0 Å². The van der Waals surface area contributed by atoms with E-state index in [9.17, 15) is 9.18 Å². The number of amides is 1. The van der Waals surface area contributed by atoms with Gasteiger partial charge in [0.2, 0.25) is 0 Å². The molecule has 126 valence electrons. The standard InChI is InChI=1S/C17H11BrClFN4O/c18-8-3-12-15(14(4-8)23-10-6-21-22-7-10)16(24-17(12)25)11-5-9(20)1-2-13(11)19/h1-7,16,23H,(H,21,22)(H,24,25)/t16-/m0/s1. The van der Waals surface area contributed by atoms with Gasteiger partial charge in [0.1, 0.15) is 5.82 Å². The van der Waals surface area contributed by atoms with E-state index >= 15 is 0 Å². The van der Waals surface area contributed by atoms with Crippen LogP contribution in [0.25, 0.3) is 0 Å². The van der Waals surface area contributed by atoms with Crippen molar-refractivity contribution in [3.63, 3.8) is 0 Å². The van der Waals surface area contributed by atoms with Gasteiger partial charge in [0.25, 0.3) is 5.91 Å². The van der Waals surface area contributed by atoms with Crippen molar-refractivity contribution >= 4 is 44.8 Å². The number of carbonyl (C=O) groups excluding carboxylic acids is 1. The average molecular weight is 422 g/mol. The molecule has 1 amide bonds. The monoisotopic (exact) mass is 420 g/mol. The van der Waals surface area contributed by atoms with Crippen molar-refractivity contribution in [3.05, 3.63) is 74.7 Å². The first kappa shape index (κ1) is 16.1. The normalized spacial score (nSPS) is 15.8. The molecular formula is C17H11BrClFN4O. The van der Waals surface area contributed by atoms with Gasteiger partial charge in [-0.2, -0.15) is 5.10 Å². The Morgan fingerprint density at radius 1 is 1.28 bits per heavy atom. The van der Waals surface area contributed by atoms with Crippen LogP contribution in [0, 0.1) is 5.82 Å². The number of halogens is 3. The maximum absolute atomic E-state index is 13.7. The molecule has 25 heavy (non-hydrogen) atoms. The van der Waals surface area contributed by atoms with Crippen LogP contribution in [0.15, 0.2) is 47.2 Å². The summed E-state index contributed by atoms with van der Waals surface area (Å²) in [6.07, 6.45) is 3.32. The lowest BCUT2D eigenvalue weighted by molar-refractivity contribution is 0.0960. The summed E-state index contributed by atoms with van der Waals surface area (Å²) in [6.45, 7) is 0. The maximum atomic E-state index is 13.7. The van der Waals surface area contributed by atoms with Crippen LogP contribution in [-0.4, -0.2) is 16.1 Å². The summed E-state index contributed by atoms with van der Waals surface area (Å²) in [6, 6.07) is 7.15. The lowest BCUT2D eigenvalue weighted by Crippen LogP contribution is -2.20. The Labute approximate surface area is 155 Å². The molecule has 0 saturated heterocycles. The van der Waals surface area contributed by atoms with Gasteiger partial charge < -0.3 is 10.6 Å². The van der Waals surface area contributed by atoms with Gasteiger partial charge in [-0.3, -0.25) is 9.89 Å². The Balaban J connectivity index is 1.88. The van der Waals surface area contributed by atoms with Gasteiger partial charge in [0.15, 0.2) is 0 Å². The Morgan fingerprint density at radius 3 is 2.88 bits per heavy atom. The molecule has 5 nitrogen and oxygen atoms in total. The van der Waals surface area contributed by atoms with E-state index in [1.807, 2.05) is 6.07 Å². The highest BCUT2D eigenvalue weighted by molar-refractivity contribution is 9.10. The number of aromatic amines is 1. The minimum absolute atomic E-state index is 0.239. The van der Waals surface area contributed by atoms with Gasteiger partial charge in [-0.25, -0.2) is 4.39 Å². The number of nitrogens with one attached hydrogen (secondary N) is 3. The SMILES string of the molecule is O=C1N[C@@H](c2cc(F)ccc2Cl)c2c(Nc3cn[nH]c3)cc(Br)cc21. The predicted molar refractivity (Wildman–Crippen MR) is 96.7 cm³/mol. The summed E-state index contributed by atoms with van der Waals surface area (Å²) in [5.41, 5.74) is 3.16. The zero-order valence-corrected chi connectivity index (χ0v) is 15.0. The first-order valence-electron chi connectivity index (χ1n) is 7.38. The summed E-state index contributed by atoms with van der Waals surface area (Å²) in [5, 5.41) is 13.1. The largest absolute Gasteiger partial charge is 0.353 e. The number of H-pyrrole nitrogens is 1. The summed E-state index contributed by atoms with van der Waals surface area (Å²) in [7, 11) is 0. The van der Waals surface area contributed by atoms with Crippen molar-refractivity contribution in [2.45, 2.75) is 6.04 Å². The van der Waals surface area contributed by atoms with Crippen LogP contribution in [0.2, 0.25) is 5.02 Å². The highest BCUT2D eigenvalue weighted by atomic mass is 79.9. The molecule has 8 heteroatoms. The first-order valence-corrected chi connectivity index (χ1v) is 8.55. The molecule has 0 aliphatic carbocycles. The third-order valence-corrected chi connectivity index (χ3v) is 4.80. The van der Waals surface area contributed by atoms with E-state index in [4.69, 9.17) is 11.6 Å². The van der Waals surface area contributed by atoms with Crippen LogP contribution >= 0.6 is 27.5 Å². The van der Waals surface area contributed by atoms with Gasteiger partial charge in [-0.05, 0) is 30.3 Å². The fraction of sp³-hybridized carbons (Fsp3) is 0.0588. The van der Waals surface area contributed by atoms with Gasteiger partial charge in [-0.1, -0.05) is 27.5 Å². The zero-order valence-electron chi connectivity index (χ0n) is 12.6. The summed E-state index contributed by atoms with van der Waals surface area (Å²) in [5.74, 6) is -0.652. The van der Waals surface area contributed by atoms with Crippen molar-refractivity contribution < 1.29 is 9.18 Å². The van der Waals surface area contributed by atoms with E-state index in [0.717, 1.165) is 10.2 Å². The van der Waals surface area contributed by atoms with Gasteiger partial charge in [0.05, 0.1) is 17.9 Å². The average Bonchev–Trinajstić information content (AvgIpc) is 3.18. The van der Waals surface area contributed by atoms with Gasteiger partial charge >= 0.3 is 0 Å². The fourth-order valence-electron chi connectivity index (χ4n) is 2.95. The number of nitrogens with zero attached hydrogens (tertiary/aromatic N) is 1. The van der Waals surface area contributed by atoms with Crippen LogP contribution in [0.1, 0.15) is 27.5 Å². The van der Waals surface area contributed by atoms with E-state index in [0.29, 0.717) is 27.4 Å². The molecule has 1 atom stereocenters. The number of hydrogen-bond donors (Lipinski definition) is 3. The van der Waals surface area contributed by atoms with Gasteiger partial charge in [0, 0.05) is 38.1 Å². The number of fused-ring (bicyclic) bond motifs is 1. The van der Waals surface area contributed by atoms with Crippen molar-refractivity contribution in [1.82, 2.24) is 15.5 Å². The molecule has 1 aliphatic rings. The molecule has 4 rings (SSSR count). The number of anilines is 2. The topological polar surface area (TPSA) is 69.8 Å². The van der Waals surface area contributed by atoms with Crippen molar-refractivity contribution in [2.75, 3.05) is 5.32 Å². The van der Waals surface area contributed by atoms with Crippen LogP contribution in [0.3, 0.4) is 0 Å². The van der Waals surface area contributed by atoms with Crippen LogP contribution < -0.4 is 10.6 Å². The summed E-state index contributed by atoms with van der Waals surface area (Å²) in [4.78, 5) is 12.4. The Kier molecular flexibility index (Phi) is 3.97. The fourth-order valence-corrected chi connectivity index (χ4v) is 3.63. The highest BCUT2D eigenvalue weighted by Crippen LogP contribution is 2.41. The van der Waals surface area contributed by atoms with Crippen molar-refractivity contribution in [1.29, 1.82) is 0 Å². The number of carbonyl (C=O) groups is 1. The second kappa shape index (κ2) is 6.16. The van der Waals surface area contributed by atoms with Crippen molar-refractivity contribution in [3.8, 4) is 0 Å². The molecule has 3 aromatic rings.